The largest absolute Gasteiger partial charge is 0.334 e. The van der Waals surface area contributed by atoms with E-state index < -0.39 is 10.0 Å². The fraction of sp³-hybridized carbons (Fsp3) is 0.263. The minimum atomic E-state index is -3.78. The van der Waals surface area contributed by atoms with Crippen molar-refractivity contribution in [3.63, 3.8) is 0 Å². The van der Waals surface area contributed by atoms with Gasteiger partial charge in [0.1, 0.15) is 10.7 Å². The van der Waals surface area contributed by atoms with E-state index in [9.17, 15) is 12.8 Å². The Balaban J connectivity index is 1.74. The fourth-order valence-corrected chi connectivity index (χ4v) is 5.53. The van der Waals surface area contributed by atoms with Crippen molar-refractivity contribution in [3.05, 3.63) is 52.3 Å². The van der Waals surface area contributed by atoms with Crippen LogP contribution in [-0.4, -0.2) is 36.0 Å². The first-order valence-corrected chi connectivity index (χ1v) is 11.1. The molecule has 0 radical (unpaired) electrons. The summed E-state index contributed by atoms with van der Waals surface area (Å²) in [5.41, 5.74) is 0.806. The minimum absolute atomic E-state index is 0.0302. The van der Waals surface area contributed by atoms with Crippen molar-refractivity contribution in [2.75, 3.05) is 13.1 Å². The minimum Gasteiger partial charge on any atom is -0.334 e. The first-order valence-electron chi connectivity index (χ1n) is 8.95. The fourth-order valence-electron chi connectivity index (χ4n) is 3.18. The van der Waals surface area contributed by atoms with Crippen LogP contribution in [-0.2, 0) is 10.0 Å². The number of hydrogen-bond acceptors (Lipinski definition) is 5. The molecule has 152 valence electrons. The van der Waals surface area contributed by atoms with E-state index in [-0.39, 0.29) is 38.0 Å². The van der Waals surface area contributed by atoms with E-state index >= 15 is 0 Å². The summed E-state index contributed by atoms with van der Waals surface area (Å²) >= 11 is 12.5. The van der Waals surface area contributed by atoms with Gasteiger partial charge in [0.2, 0.25) is 15.8 Å². The molecule has 0 saturated carbocycles. The van der Waals surface area contributed by atoms with Crippen LogP contribution in [0.3, 0.4) is 0 Å². The van der Waals surface area contributed by atoms with E-state index in [0.29, 0.717) is 18.7 Å². The van der Waals surface area contributed by atoms with E-state index in [1.165, 1.54) is 40.7 Å². The van der Waals surface area contributed by atoms with Crippen molar-refractivity contribution in [1.29, 1.82) is 0 Å². The first-order chi connectivity index (χ1) is 13.9. The van der Waals surface area contributed by atoms with Crippen molar-refractivity contribution in [3.8, 4) is 22.8 Å². The molecule has 10 heteroatoms. The average molecular weight is 456 g/mol. The van der Waals surface area contributed by atoms with Crippen LogP contribution in [0.1, 0.15) is 19.3 Å². The van der Waals surface area contributed by atoms with Gasteiger partial charge < -0.3 is 4.52 Å². The molecule has 1 fully saturated rings. The lowest BCUT2D eigenvalue weighted by Crippen LogP contribution is -2.35. The van der Waals surface area contributed by atoms with Gasteiger partial charge in [-0.2, -0.15) is 9.29 Å². The molecule has 1 saturated heterocycles. The second-order valence-electron chi connectivity index (χ2n) is 6.66. The van der Waals surface area contributed by atoms with E-state index in [2.05, 4.69) is 10.1 Å². The molecule has 1 aromatic heterocycles. The highest BCUT2D eigenvalue weighted by Crippen LogP contribution is 2.36. The quantitative estimate of drug-likeness (QED) is 0.551. The molecule has 2 aromatic carbocycles. The zero-order chi connectivity index (χ0) is 20.6. The summed E-state index contributed by atoms with van der Waals surface area (Å²) < 4.78 is 45.9. The molecule has 4 rings (SSSR count). The number of rotatable bonds is 4. The normalized spacial score (nSPS) is 15.6. The molecule has 0 amide bonds. The Morgan fingerprint density at radius 1 is 1.00 bits per heavy atom. The Morgan fingerprint density at radius 3 is 2.38 bits per heavy atom. The lowest BCUT2D eigenvalue weighted by atomic mass is 10.2. The van der Waals surface area contributed by atoms with Crippen LogP contribution in [0.2, 0.25) is 10.0 Å². The summed E-state index contributed by atoms with van der Waals surface area (Å²) in [7, 11) is -3.78. The van der Waals surface area contributed by atoms with Gasteiger partial charge in [0.15, 0.2) is 0 Å². The number of sulfonamides is 1. The van der Waals surface area contributed by atoms with Gasteiger partial charge in [-0.05, 0) is 49.2 Å². The second kappa shape index (κ2) is 8.02. The predicted octanol–water partition coefficient (Wildman–Crippen LogP) is 5.02. The van der Waals surface area contributed by atoms with E-state index in [1.807, 2.05) is 0 Å². The van der Waals surface area contributed by atoms with Crippen molar-refractivity contribution in [2.45, 2.75) is 24.2 Å². The smallest absolute Gasteiger partial charge is 0.259 e. The van der Waals surface area contributed by atoms with Crippen LogP contribution in [0, 0.1) is 5.82 Å². The standard InChI is InChI=1S/C19H16Cl2FN3O3S/c20-15-11-16(21)17(29(26,27)25-8-2-1-3-9-25)10-14(15)19-23-18(24-28-19)12-4-6-13(22)7-5-12/h4-7,10-11H,1-3,8-9H2. The number of nitrogens with zero attached hydrogens (tertiary/aromatic N) is 3. The van der Waals surface area contributed by atoms with E-state index in [0.717, 1.165) is 19.3 Å². The lowest BCUT2D eigenvalue weighted by Gasteiger charge is -2.26. The Morgan fingerprint density at radius 2 is 1.69 bits per heavy atom. The molecule has 0 N–H and O–H groups in total. The van der Waals surface area contributed by atoms with Gasteiger partial charge in [0.05, 0.1) is 15.6 Å². The third-order valence-corrected chi connectivity index (χ3v) is 7.39. The van der Waals surface area contributed by atoms with Gasteiger partial charge in [-0.3, -0.25) is 0 Å². The zero-order valence-corrected chi connectivity index (χ0v) is 17.4. The van der Waals surface area contributed by atoms with Crippen molar-refractivity contribution in [2.24, 2.45) is 0 Å². The molecule has 0 bridgehead atoms. The van der Waals surface area contributed by atoms with Gasteiger partial charge >= 0.3 is 0 Å². The van der Waals surface area contributed by atoms with Crippen molar-refractivity contribution < 1.29 is 17.3 Å². The summed E-state index contributed by atoms with van der Waals surface area (Å²) in [6.45, 7) is 0.901. The summed E-state index contributed by atoms with van der Waals surface area (Å²) in [6, 6.07) is 8.31. The van der Waals surface area contributed by atoms with Gasteiger partial charge in [0, 0.05) is 18.7 Å². The Labute approximate surface area is 177 Å². The molecule has 0 aliphatic carbocycles. The summed E-state index contributed by atoms with van der Waals surface area (Å²) in [6.07, 6.45) is 2.61. The Kier molecular flexibility index (Phi) is 5.61. The average Bonchev–Trinajstić information content (AvgIpc) is 3.19. The number of halogens is 3. The molecule has 6 nitrogen and oxygen atoms in total. The monoisotopic (exact) mass is 455 g/mol. The zero-order valence-electron chi connectivity index (χ0n) is 15.1. The molecule has 3 aromatic rings. The Hall–Kier alpha value is -2.00. The Bertz CT molecular complexity index is 1140. The SMILES string of the molecule is O=S(=O)(c1cc(-c2nc(-c3ccc(F)cc3)no2)c(Cl)cc1Cl)N1CCCCC1. The van der Waals surface area contributed by atoms with Crippen LogP contribution in [0.4, 0.5) is 4.39 Å². The number of benzene rings is 2. The molecule has 29 heavy (non-hydrogen) atoms. The molecule has 0 unspecified atom stereocenters. The molecule has 1 aliphatic heterocycles. The topological polar surface area (TPSA) is 76.3 Å². The molecular weight excluding hydrogens is 440 g/mol. The van der Waals surface area contributed by atoms with Gasteiger partial charge in [-0.1, -0.05) is 34.8 Å². The third-order valence-electron chi connectivity index (χ3n) is 4.71. The maximum atomic E-state index is 13.1. The van der Waals surface area contributed by atoms with Gasteiger partial charge in [-0.25, -0.2) is 12.8 Å². The van der Waals surface area contributed by atoms with Crippen LogP contribution in [0.15, 0.2) is 45.8 Å². The van der Waals surface area contributed by atoms with Crippen LogP contribution >= 0.6 is 23.2 Å². The van der Waals surface area contributed by atoms with Crippen molar-refractivity contribution in [1.82, 2.24) is 14.4 Å². The van der Waals surface area contributed by atoms with Crippen LogP contribution in [0.25, 0.3) is 22.8 Å². The van der Waals surface area contributed by atoms with Crippen molar-refractivity contribution >= 4 is 33.2 Å². The molecule has 0 atom stereocenters. The maximum Gasteiger partial charge on any atom is 0.259 e. The number of aromatic nitrogens is 2. The highest BCUT2D eigenvalue weighted by molar-refractivity contribution is 7.89. The van der Waals surface area contributed by atoms with E-state index in [4.69, 9.17) is 27.7 Å². The summed E-state index contributed by atoms with van der Waals surface area (Å²) in [5, 5.41) is 4.09. The van der Waals surface area contributed by atoms with Gasteiger partial charge in [0.25, 0.3) is 5.89 Å². The third kappa shape index (κ3) is 4.02. The molecule has 1 aliphatic rings. The highest BCUT2D eigenvalue weighted by Gasteiger charge is 2.30. The van der Waals surface area contributed by atoms with Gasteiger partial charge in [-0.15, -0.1) is 0 Å². The number of piperidine rings is 1. The number of hydrogen-bond donors (Lipinski definition) is 0. The second-order valence-corrected chi connectivity index (χ2v) is 9.38. The summed E-state index contributed by atoms with van der Waals surface area (Å²) in [4.78, 5) is 4.22. The van der Waals surface area contributed by atoms with E-state index in [1.54, 1.807) is 0 Å². The molecule has 2 heterocycles. The predicted molar refractivity (Wildman–Crippen MR) is 108 cm³/mol. The van der Waals surface area contributed by atoms with Crippen LogP contribution in [0.5, 0.6) is 0 Å². The summed E-state index contributed by atoms with van der Waals surface area (Å²) in [5.74, 6) is -0.113. The van der Waals surface area contributed by atoms with Crippen LogP contribution < -0.4 is 0 Å². The lowest BCUT2D eigenvalue weighted by molar-refractivity contribution is 0.346. The first kappa shape index (κ1) is 20.3. The maximum absolute atomic E-state index is 13.1. The molecular formula is C19H16Cl2FN3O3S. The molecule has 0 spiro atoms. The highest BCUT2D eigenvalue weighted by atomic mass is 35.5.